The Kier molecular flexibility index (Phi) is 15.2. The molecule has 68 heavy (non-hydrogen) atoms. The second-order valence-electron chi connectivity index (χ2n) is 14.4. The molecule has 6 aromatic carbocycles. The first kappa shape index (κ1) is 52.4. The minimum absolute atomic E-state index is 0.0842. The van der Waals surface area contributed by atoms with Gasteiger partial charge in [-0.15, -0.1) is 0 Å². The van der Waals surface area contributed by atoms with Gasteiger partial charge in [0.15, 0.2) is 0 Å². The molecule has 0 fully saturated rings. The second-order valence-corrected chi connectivity index (χ2v) is 26.9. The Bertz CT molecular complexity index is 3620. The van der Waals surface area contributed by atoms with E-state index in [9.17, 15) is 68.7 Å². The summed E-state index contributed by atoms with van der Waals surface area (Å²) in [7, 11) is -30.9. The van der Waals surface area contributed by atoms with E-state index in [1.165, 1.54) is 18.2 Å². The molecule has 6 aromatic rings. The number of rotatable bonds is 18. The molecule has 0 radical (unpaired) electrons. The van der Waals surface area contributed by atoms with E-state index in [1.807, 2.05) is 24.0 Å². The number of benzene rings is 6. The molecule has 0 aliphatic heterocycles. The molecular formula is C42H38IO19S6-. The quantitative estimate of drug-likeness (QED) is 0.0533. The molecule has 0 spiro atoms. The average molecular weight is 1170 g/mol. The maximum atomic E-state index is 13.9. The van der Waals surface area contributed by atoms with Gasteiger partial charge < -0.3 is 9.47 Å². The molecular weight excluding hydrogens is 1130 g/mol. The Morgan fingerprint density at radius 1 is 0.456 bits per heavy atom. The first-order valence-corrected chi connectivity index (χ1v) is 31.3. The van der Waals surface area contributed by atoms with Crippen LogP contribution >= 0.6 is 0 Å². The fraction of sp³-hybridized carbons (Fsp3) is 0.143. The summed E-state index contributed by atoms with van der Waals surface area (Å²) in [6.45, 7) is 4.20. The van der Waals surface area contributed by atoms with Crippen molar-refractivity contribution in [1.82, 2.24) is 0 Å². The van der Waals surface area contributed by atoms with Gasteiger partial charge in [0, 0.05) is 0 Å². The maximum absolute atomic E-state index is 13.9. The van der Waals surface area contributed by atoms with E-state index in [0.29, 0.717) is 54.8 Å². The van der Waals surface area contributed by atoms with E-state index >= 15 is 0 Å². The minimum atomic E-state index is -5.49. The van der Waals surface area contributed by atoms with Crippen molar-refractivity contribution >= 4 is 60.1 Å². The summed E-state index contributed by atoms with van der Waals surface area (Å²) in [6.07, 6.45) is 0.836. The number of halogens is 1. The Morgan fingerprint density at radius 3 is 1.15 bits per heavy atom. The average Bonchev–Trinajstić information content (AvgIpc) is 3.27. The topological polar surface area (TPSA) is 313 Å². The van der Waals surface area contributed by atoms with E-state index in [1.54, 1.807) is 31.2 Å². The molecule has 6 rings (SSSR count). The van der Waals surface area contributed by atoms with Crippen LogP contribution in [0.4, 0.5) is 0 Å². The molecule has 0 aliphatic rings. The van der Waals surface area contributed by atoms with Crippen molar-refractivity contribution in [3.05, 3.63) is 127 Å². The zero-order valence-corrected chi connectivity index (χ0v) is 42.3. The van der Waals surface area contributed by atoms with Crippen LogP contribution in [0.2, 0.25) is 0 Å². The molecule has 364 valence electrons. The molecule has 0 aliphatic carbocycles. The van der Waals surface area contributed by atoms with Gasteiger partial charge in [-0.3, -0.25) is 9.11 Å². The fourth-order valence-corrected chi connectivity index (χ4v) is 13.5. The summed E-state index contributed by atoms with van der Waals surface area (Å²) in [4.78, 5) is -5.77. The van der Waals surface area contributed by atoms with Gasteiger partial charge in [-0.2, -0.15) is 16.8 Å². The monoisotopic (exact) mass is 1160 g/mol. The molecule has 1 unspecified atom stereocenters. The van der Waals surface area contributed by atoms with Gasteiger partial charge in [0.05, 0.1) is 16.4 Å². The third kappa shape index (κ3) is 11.7. The van der Waals surface area contributed by atoms with Gasteiger partial charge in [-0.05, 0) is 78.2 Å². The molecule has 0 saturated heterocycles. The third-order valence-electron chi connectivity index (χ3n) is 9.80. The van der Waals surface area contributed by atoms with Gasteiger partial charge in [0.1, 0.15) is 27.0 Å². The number of sulfone groups is 2. The standard InChI is InChI=1S/C42H38IO19S6/c1-4-21-60-29-9-5-27(6-10-29)28-7-11-30(12-8-28)61-36-18-14-32(23-40(36)66(51,52)53)64(46,47)34-16-20-38(42(25-34)68(57,58)59)62-37-19-15-33(24-41(37)67(54,55)56)63(44,45)31-13-17-35(26(2)43-3)39(22-31)65(48,49)50/h5-20,22-26H,4,21H2,1-3H3,(H,48,49,50)(H,51,52,53)(H,54,55,56)(H,57,58,59)/q-1. The van der Waals surface area contributed by atoms with Crippen LogP contribution in [0.1, 0.15) is 29.8 Å². The molecule has 0 heterocycles. The Labute approximate surface area is 402 Å². The Hall–Kier alpha value is -5.01. The molecule has 0 amide bonds. The van der Waals surface area contributed by atoms with Crippen molar-refractivity contribution in [1.29, 1.82) is 0 Å². The first-order valence-electron chi connectivity index (χ1n) is 19.2. The summed E-state index contributed by atoms with van der Waals surface area (Å²) in [6, 6.07) is 22.3. The van der Waals surface area contributed by atoms with Crippen molar-refractivity contribution in [2.75, 3.05) is 11.5 Å². The van der Waals surface area contributed by atoms with E-state index in [0.717, 1.165) is 41.8 Å². The first-order chi connectivity index (χ1) is 31.5. The van der Waals surface area contributed by atoms with E-state index in [4.69, 9.17) is 14.2 Å². The molecule has 19 nitrogen and oxygen atoms in total. The van der Waals surface area contributed by atoms with Crippen LogP contribution in [0.25, 0.3) is 11.1 Å². The van der Waals surface area contributed by atoms with Crippen molar-refractivity contribution in [2.45, 2.75) is 63.4 Å². The second kappa shape index (κ2) is 19.8. The predicted molar refractivity (Wildman–Crippen MR) is 238 cm³/mol. The van der Waals surface area contributed by atoms with Crippen LogP contribution < -0.4 is 35.4 Å². The van der Waals surface area contributed by atoms with Crippen molar-refractivity contribution < 1.29 is 104 Å². The van der Waals surface area contributed by atoms with Crippen LogP contribution in [-0.4, -0.2) is 80.3 Å². The molecule has 26 heteroatoms. The summed E-state index contributed by atoms with van der Waals surface area (Å²) in [5.74, 6) is -1.64. The molecule has 4 N–H and O–H groups in total. The predicted octanol–water partition coefficient (Wildman–Crippen LogP) is 4.16. The van der Waals surface area contributed by atoms with Gasteiger partial charge in [0.25, 0.3) is 20.2 Å². The van der Waals surface area contributed by atoms with E-state index in [2.05, 4.69) is 0 Å². The fourth-order valence-electron chi connectivity index (χ4n) is 6.37. The van der Waals surface area contributed by atoms with Crippen molar-refractivity contribution in [3.63, 3.8) is 0 Å². The number of hydrogen-bond donors (Lipinski definition) is 4. The van der Waals surface area contributed by atoms with Gasteiger partial charge in [-0.25, -0.2) is 8.42 Å². The summed E-state index contributed by atoms with van der Waals surface area (Å²) in [5.41, 5.74) is 1.70. The third-order valence-corrected chi connectivity index (χ3v) is 19.4. The molecule has 1 atom stereocenters. The van der Waals surface area contributed by atoms with Gasteiger partial charge in [-0.1, -0.05) is 31.2 Å². The zero-order chi connectivity index (χ0) is 50.2. The van der Waals surface area contributed by atoms with Crippen LogP contribution in [0, 0.1) is 0 Å². The van der Waals surface area contributed by atoms with Gasteiger partial charge >= 0.3 is 179 Å². The molecule has 0 bridgehead atoms. The maximum Gasteiger partial charge on any atom is 0.298 e. The minimum Gasteiger partial charge on any atom is -0.282 e. The Balaban J connectivity index is 1.32. The zero-order valence-electron chi connectivity index (χ0n) is 35.3. The summed E-state index contributed by atoms with van der Waals surface area (Å²) < 4.78 is 212. The van der Waals surface area contributed by atoms with Crippen LogP contribution in [-0.2, 0) is 60.1 Å². The largest absolute Gasteiger partial charge is 0.298 e. The molecule has 0 saturated carbocycles. The number of ether oxygens (including phenoxy) is 3. The van der Waals surface area contributed by atoms with E-state index in [-0.39, 0.29) is 15.2 Å². The van der Waals surface area contributed by atoms with Gasteiger partial charge in [0.2, 0.25) is 9.84 Å². The SMILES string of the molecule is CCCOc1ccc(-c2ccc(Oc3ccc(S(=O)(=O)c4ccc(Oc5ccc(S(=O)(=O)c6ccc(C(C)[I-]C)c(S(=O)(=O)O)c6)cc5S(=O)(=O)O)c(S(=O)(=O)O)c4)cc3S(=O)(=O)O)cc2)cc1. The normalized spacial score (nSPS) is 13.2. The van der Waals surface area contributed by atoms with Crippen molar-refractivity contribution in [3.8, 4) is 39.9 Å². The Morgan fingerprint density at radius 2 is 0.794 bits per heavy atom. The smallest absolute Gasteiger partial charge is 0.282 e. The summed E-state index contributed by atoms with van der Waals surface area (Å²) >= 11 is -0.628. The number of alkyl halides is 2. The van der Waals surface area contributed by atoms with Crippen molar-refractivity contribution in [2.24, 2.45) is 0 Å². The molecule has 0 aromatic heterocycles. The van der Waals surface area contributed by atoms with Crippen LogP contribution in [0.15, 0.2) is 160 Å². The van der Waals surface area contributed by atoms with E-state index < -0.39 is 138 Å². The summed E-state index contributed by atoms with van der Waals surface area (Å²) in [5, 5.41) is 0. The number of hydrogen-bond acceptors (Lipinski definition) is 15. The van der Waals surface area contributed by atoms with Crippen LogP contribution in [0.3, 0.4) is 0 Å². The van der Waals surface area contributed by atoms with Crippen LogP contribution in [0.5, 0.6) is 28.7 Å².